The number of ether oxygens (including phenoxy) is 1. The maximum absolute atomic E-state index is 16.6. The van der Waals surface area contributed by atoms with Gasteiger partial charge in [0.05, 0.1) is 12.6 Å². The highest BCUT2D eigenvalue weighted by Crippen LogP contribution is 2.40. The van der Waals surface area contributed by atoms with E-state index in [0.717, 1.165) is 5.56 Å². The van der Waals surface area contributed by atoms with Gasteiger partial charge in [-0.2, -0.15) is 0 Å². The molecule has 5 heterocycles. The van der Waals surface area contributed by atoms with Crippen molar-refractivity contribution < 1.29 is 23.1 Å². The number of aromatic amines is 1. The number of pyridine rings is 1. The average Bonchev–Trinajstić information content (AvgIpc) is 3.82. The van der Waals surface area contributed by atoms with Gasteiger partial charge in [0, 0.05) is 87.3 Å². The number of aromatic nitrogens is 2. The summed E-state index contributed by atoms with van der Waals surface area (Å²) in [5.41, 5.74) is 8.75. The number of para-hydroxylation sites is 1. The Morgan fingerprint density at radius 3 is 2.56 bits per heavy atom. The van der Waals surface area contributed by atoms with Crippen LogP contribution in [0.4, 0.5) is 14.6 Å². The molecule has 7 rings (SSSR count). The topological polar surface area (TPSA) is 109 Å². The number of benzene rings is 2. The van der Waals surface area contributed by atoms with E-state index < -0.39 is 11.6 Å². The van der Waals surface area contributed by atoms with Crippen LogP contribution in [0.3, 0.4) is 0 Å². The second kappa shape index (κ2) is 13.4. The van der Waals surface area contributed by atoms with Crippen LogP contribution in [-0.2, 0) is 4.79 Å². The molecule has 0 unspecified atom stereocenters. The van der Waals surface area contributed by atoms with Gasteiger partial charge in [0.2, 0.25) is 5.91 Å². The molecule has 4 aromatic rings. The van der Waals surface area contributed by atoms with Crippen molar-refractivity contribution in [1.29, 1.82) is 0 Å². The second-order valence-electron chi connectivity index (χ2n) is 11.9. The first-order valence-electron chi connectivity index (χ1n) is 16.0. The van der Waals surface area contributed by atoms with E-state index in [4.69, 9.17) is 4.74 Å². The first-order valence-corrected chi connectivity index (χ1v) is 16.0. The Morgan fingerprint density at radius 2 is 1.79 bits per heavy atom. The summed E-state index contributed by atoms with van der Waals surface area (Å²) < 4.78 is 36.6. The van der Waals surface area contributed by atoms with Crippen LogP contribution >= 0.6 is 0 Å². The van der Waals surface area contributed by atoms with Crippen LogP contribution in [0.25, 0.3) is 27.6 Å². The molecule has 3 aliphatic rings. The van der Waals surface area contributed by atoms with Crippen LogP contribution in [0.2, 0.25) is 0 Å². The van der Waals surface area contributed by atoms with Crippen molar-refractivity contribution in [3.63, 3.8) is 0 Å². The Hall–Kier alpha value is -5.43. The molecule has 11 nitrogen and oxygen atoms in total. The lowest BCUT2D eigenvalue weighted by atomic mass is 9.93. The van der Waals surface area contributed by atoms with E-state index >= 15 is 4.39 Å². The number of methoxy groups -OCH3 is 1. The molecule has 2 amide bonds. The smallest absolute Gasteiger partial charge is 0.270 e. The van der Waals surface area contributed by atoms with Crippen LogP contribution < -0.4 is 20.6 Å². The van der Waals surface area contributed by atoms with Crippen molar-refractivity contribution in [2.75, 3.05) is 57.8 Å². The van der Waals surface area contributed by atoms with Gasteiger partial charge < -0.3 is 29.8 Å². The number of halogens is 2. The fourth-order valence-electron chi connectivity index (χ4n) is 6.54. The number of nitrogens with one attached hydrogen (secondary N) is 3. The second-order valence-corrected chi connectivity index (χ2v) is 11.9. The molecule has 13 heteroatoms. The molecule has 248 valence electrons. The van der Waals surface area contributed by atoms with Crippen LogP contribution in [0.15, 0.2) is 73.2 Å². The van der Waals surface area contributed by atoms with E-state index in [0.29, 0.717) is 79.9 Å². The van der Waals surface area contributed by atoms with Gasteiger partial charge in [-0.1, -0.05) is 24.3 Å². The predicted molar refractivity (Wildman–Crippen MR) is 178 cm³/mol. The molecule has 0 atom stereocenters. The van der Waals surface area contributed by atoms with Crippen molar-refractivity contribution >= 4 is 34.1 Å². The molecule has 2 aromatic carbocycles. The summed E-state index contributed by atoms with van der Waals surface area (Å²) in [5.74, 6) is -0.314. The molecule has 0 aliphatic carbocycles. The number of hydrogen-bond donors (Lipinski definition) is 3. The number of amides is 2. The summed E-state index contributed by atoms with van der Waals surface area (Å²) in [4.78, 5) is 39.5. The van der Waals surface area contributed by atoms with E-state index in [-0.39, 0.29) is 35.4 Å². The average molecular weight is 655 g/mol. The normalized spacial score (nSPS) is 16.4. The Balaban J connectivity index is 1.19. The zero-order valence-corrected chi connectivity index (χ0v) is 26.5. The highest BCUT2D eigenvalue weighted by atomic mass is 19.1. The number of nitrogens with zero attached hydrogens (tertiary/aromatic N) is 5. The molecular formula is C35H36F2N8O3. The number of fused-ring (bicyclic) bond motifs is 1. The summed E-state index contributed by atoms with van der Waals surface area (Å²) in [5, 5.41) is 2.33. The summed E-state index contributed by atoms with van der Waals surface area (Å²) in [6.07, 6.45) is 7.98. The van der Waals surface area contributed by atoms with Gasteiger partial charge >= 0.3 is 0 Å². The summed E-state index contributed by atoms with van der Waals surface area (Å²) in [6, 6.07) is 13.9. The molecular weight excluding hydrogens is 618 g/mol. The van der Waals surface area contributed by atoms with Crippen molar-refractivity contribution in [1.82, 2.24) is 35.7 Å². The molecule has 3 N–H and O–H groups in total. The van der Waals surface area contributed by atoms with Gasteiger partial charge in [-0.25, -0.2) is 13.8 Å². The van der Waals surface area contributed by atoms with Crippen molar-refractivity contribution in [3.05, 3.63) is 96.1 Å². The number of hydrazine groups is 2. The van der Waals surface area contributed by atoms with Gasteiger partial charge in [-0.05, 0) is 47.9 Å². The lowest BCUT2D eigenvalue weighted by molar-refractivity contribution is -0.131. The number of rotatable bonds is 8. The van der Waals surface area contributed by atoms with E-state index in [2.05, 4.69) is 20.9 Å². The van der Waals surface area contributed by atoms with E-state index in [1.807, 2.05) is 41.4 Å². The molecule has 3 aliphatic heterocycles. The molecule has 1 saturated heterocycles. The highest BCUT2D eigenvalue weighted by molar-refractivity contribution is 6.05. The minimum absolute atomic E-state index is 0.0206. The zero-order valence-electron chi connectivity index (χ0n) is 26.5. The van der Waals surface area contributed by atoms with E-state index in [1.54, 1.807) is 52.5 Å². The number of piperazine rings is 1. The SMILES string of the molecule is COc1ccccc1-c1cc(C2=CCCN(C(=O)CCN3C=CNN3)C2)c(F)c2[nH]c(C(=O)N3CCN(c4ncccc4F)CC3)cc12. The minimum atomic E-state index is -0.490. The maximum atomic E-state index is 16.6. The summed E-state index contributed by atoms with van der Waals surface area (Å²) in [6.45, 7) is 2.84. The fourth-order valence-corrected chi connectivity index (χ4v) is 6.54. The zero-order chi connectivity index (χ0) is 33.2. The quantitative estimate of drug-likeness (QED) is 0.259. The van der Waals surface area contributed by atoms with E-state index in [1.165, 1.54) is 6.07 Å². The first kappa shape index (κ1) is 31.2. The molecule has 48 heavy (non-hydrogen) atoms. The molecule has 0 spiro atoms. The van der Waals surface area contributed by atoms with Gasteiger partial charge in [0.1, 0.15) is 11.4 Å². The molecule has 0 radical (unpaired) electrons. The molecule has 1 fully saturated rings. The number of hydrogen-bond acceptors (Lipinski definition) is 8. The Kier molecular flexibility index (Phi) is 8.68. The van der Waals surface area contributed by atoms with Crippen LogP contribution in [-0.4, -0.2) is 89.5 Å². The van der Waals surface area contributed by atoms with Crippen LogP contribution in [0, 0.1) is 11.6 Å². The van der Waals surface area contributed by atoms with Gasteiger partial charge in [-0.3, -0.25) is 14.6 Å². The van der Waals surface area contributed by atoms with Gasteiger partial charge in [0.15, 0.2) is 17.5 Å². The van der Waals surface area contributed by atoms with E-state index in [9.17, 15) is 14.0 Å². The summed E-state index contributed by atoms with van der Waals surface area (Å²) in [7, 11) is 1.58. The Labute approximate surface area is 276 Å². The van der Waals surface area contributed by atoms with Crippen LogP contribution in [0.1, 0.15) is 28.9 Å². The maximum Gasteiger partial charge on any atom is 0.270 e. The predicted octanol–water partition coefficient (Wildman–Crippen LogP) is 4.28. The number of carbonyl (C=O) groups is 2. The number of anilines is 1. The number of carbonyl (C=O) groups excluding carboxylic acids is 2. The van der Waals surface area contributed by atoms with Crippen molar-refractivity contribution in [3.8, 4) is 16.9 Å². The standard InChI is InChI=1S/C35H36F2N8O3/c1-48-30-9-3-2-7-24(30)26-20-25(23-6-5-13-44(22-23)31(46)10-14-45-15-12-39-41-45)32(37)33-27(26)21-29(40-33)35(47)43-18-16-42(17-19-43)34-28(36)8-4-11-38-34/h2-4,6-9,11-12,15,20-21,39-41H,5,10,13-14,16-19,22H2,1H3. The van der Waals surface area contributed by atoms with Crippen molar-refractivity contribution in [2.45, 2.75) is 12.8 Å². The van der Waals surface area contributed by atoms with Gasteiger partial charge in [-0.15, -0.1) is 5.53 Å². The Bertz CT molecular complexity index is 1920. The van der Waals surface area contributed by atoms with Gasteiger partial charge in [0.25, 0.3) is 5.91 Å². The summed E-state index contributed by atoms with van der Waals surface area (Å²) >= 11 is 0. The third-order valence-corrected chi connectivity index (χ3v) is 9.05. The largest absolute Gasteiger partial charge is 0.496 e. The molecule has 0 bridgehead atoms. The molecule has 0 saturated carbocycles. The lowest BCUT2D eigenvalue weighted by Gasteiger charge is -2.35. The lowest BCUT2D eigenvalue weighted by Crippen LogP contribution is -2.49. The minimum Gasteiger partial charge on any atom is -0.496 e. The van der Waals surface area contributed by atoms with Crippen molar-refractivity contribution in [2.24, 2.45) is 0 Å². The third kappa shape index (κ3) is 6.04. The Morgan fingerprint density at radius 1 is 0.958 bits per heavy atom. The fraction of sp³-hybridized carbons (Fsp3) is 0.286. The monoisotopic (exact) mass is 654 g/mol. The number of H-pyrrole nitrogens is 1. The van der Waals surface area contributed by atoms with Crippen LogP contribution in [0.5, 0.6) is 5.75 Å². The molecule has 2 aromatic heterocycles. The third-order valence-electron chi connectivity index (χ3n) is 9.05. The first-order chi connectivity index (χ1) is 23.4. The highest BCUT2D eigenvalue weighted by Gasteiger charge is 2.28.